The van der Waals surface area contributed by atoms with Gasteiger partial charge in [-0.1, -0.05) is 0 Å². The van der Waals surface area contributed by atoms with Gasteiger partial charge in [-0.05, 0) is 25.7 Å². The fourth-order valence-corrected chi connectivity index (χ4v) is 4.16. The lowest BCUT2D eigenvalue weighted by atomic mass is 10.00. The Labute approximate surface area is 123 Å². The predicted molar refractivity (Wildman–Crippen MR) is 74.3 cm³/mol. The van der Waals surface area contributed by atoms with Gasteiger partial charge in [-0.2, -0.15) is 12.7 Å². The average Bonchev–Trinajstić information content (AvgIpc) is 3.07. The molecule has 2 aliphatic heterocycles. The van der Waals surface area contributed by atoms with Gasteiger partial charge < -0.3 is 4.57 Å². The van der Waals surface area contributed by atoms with E-state index < -0.39 is 16.1 Å². The Morgan fingerprint density at radius 2 is 2.00 bits per heavy atom. The number of fused-ring (bicyclic) bond motifs is 1. The molecule has 0 radical (unpaired) electrons. The lowest BCUT2D eigenvalue weighted by Gasteiger charge is -2.19. The number of nitrogens with one attached hydrogen (secondary N) is 1. The molecule has 3 rings (SSSR count). The van der Waals surface area contributed by atoms with Crippen LogP contribution in [0, 0.1) is 5.92 Å². The second kappa shape index (κ2) is 5.72. The SMILES string of the molecule is O=C(NS(=O)(=O)N1CCCC1)C1CCc2nncn2CC1. The molecule has 0 spiro atoms. The van der Waals surface area contributed by atoms with Gasteiger partial charge in [0, 0.05) is 32.0 Å². The van der Waals surface area contributed by atoms with E-state index in [1.807, 2.05) is 4.57 Å². The molecule has 0 aliphatic carbocycles. The third-order valence-corrected chi connectivity index (χ3v) is 5.64. The quantitative estimate of drug-likeness (QED) is 0.825. The van der Waals surface area contributed by atoms with E-state index in [0.717, 1.165) is 18.7 Å². The third kappa shape index (κ3) is 3.08. The standard InChI is InChI=1S/C12H19N5O3S/c18-12(15-21(19,20)17-6-1-2-7-17)10-3-4-11-14-13-9-16(11)8-5-10/h9-10H,1-8H2,(H,15,18). The molecule has 8 nitrogen and oxygen atoms in total. The summed E-state index contributed by atoms with van der Waals surface area (Å²) in [4.78, 5) is 12.2. The van der Waals surface area contributed by atoms with Crippen LogP contribution in [-0.4, -0.2) is 46.5 Å². The smallest absolute Gasteiger partial charge is 0.303 e. The van der Waals surface area contributed by atoms with Crippen LogP contribution >= 0.6 is 0 Å². The van der Waals surface area contributed by atoms with Gasteiger partial charge in [0.1, 0.15) is 12.2 Å². The summed E-state index contributed by atoms with van der Waals surface area (Å²) in [6, 6.07) is 0. The van der Waals surface area contributed by atoms with E-state index in [0.29, 0.717) is 38.9 Å². The monoisotopic (exact) mass is 313 g/mol. The fraction of sp³-hybridized carbons (Fsp3) is 0.750. The first kappa shape index (κ1) is 14.5. The number of carbonyl (C=O) groups is 1. The van der Waals surface area contributed by atoms with Crippen molar-refractivity contribution in [1.29, 1.82) is 0 Å². The van der Waals surface area contributed by atoms with E-state index in [4.69, 9.17) is 0 Å². The molecular formula is C12H19N5O3S. The molecule has 0 aromatic carbocycles. The van der Waals surface area contributed by atoms with Gasteiger partial charge in [0.05, 0.1) is 0 Å². The van der Waals surface area contributed by atoms with Crippen molar-refractivity contribution >= 4 is 16.1 Å². The molecule has 1 unspecified atom stereocenters. The number of aryl methyl sites for hydroxylation is 2. The summed E-state index contributed by atoms with van der Waals surface area (Å²) in [6.45, 7) is 1.63. The molecule has 0 saturated carbocycles. The molecule has 9 heteroatoms. The van der Waals surface area contributed by atoms with Crippen LogP contribution in [0.2, 0.25) is 0 Å². The Kier molecular flexibility index (Phi) is 3.94. The first-order chi connectivity index (χ1) is 10.1. The van der Waals surface area contributed by atoms with Crippen molar-refractivity contribution in [2.45, 2.75) is 38.6 Å². The normalized spacial score (nSPS) is 23.5. The van der Waals surface area contributed by atoms with Crippen LogP contribution < -0.4 is 4.72 Å². The highest BCUT2D eigenvalue weighted by molar-refractivity contribution is 7.87. The zero-order valence-electron chi connectivity index (χ0n) is 11.7. The number of rotatable bonds is 3. The highest BCUT2D eigenvalue weighted by atomic mass is 32.2. The van der Waals surface area contributed by atoms with Gasteiger partial charge in [-0.3, -0.25) is 4.79 Å². The van der Waals surface area contributed by atoms with Crippen molar-refractivity contribution in [3.8, 4) is 0 Å². The molecule has 21 heavy (non-hydrogen) atoms. The molecule has 1 N–H and O–H groups in total. The lowest BCUT2D eigenvalue weighted by molar-refractivity contribution is -0.123. The summed E-state index contributed by atoms with van der Waals surface area (Å²) in [7, 11) is -3.68. The maximum Gasteiger partial charge on any atom is 0.303 e. The molecule has 1 aromatic heterocycles. The number of hydrogen-bond donors (Lipinski definition) is 1. The summed E-state index contributed by atoms with van der Waals surface area (Å²) < 4.78 is 29.7. The number of aromatic nitrogens is 3. The number of nitrogens with zero attached hydrogens (tertiary/aromatic N) is 4. The predicted octanol–water partition coefficient (Wildman–Crippen LogP) is -0.313. The molecule has 1 saturated heterocycles. The van der Waals surface area contributed by atoms with Crippen LogP contribution in [0.25, 0.3) is 0 Å². The maximum absolute atomic E-state index is 12.2. The molecule has 116 valence electrons. The lowest BCUT2D eigenvalue weighted by Crippen LogP contribution is -2.44. The van der Waals surface area contributed by atoms with Crippen LogP contribution in [0.1, 0.15) is 31.5 Å². The van der Waals surface area contributed by atoms with Crippen molar-refractivity contribution < 1.29 is 13.2 Å². The van der Waals surface area contributed by atoms with Gasteiger partial charge in [0.2, 0.25) is 5.91 Å². The Morgan fingerprint density at radius 3 is 2.76 bits per heavy atom. The Morgan fingerprint density at radius 1 is 1.24 bits per heavy atom. The van der Waals surface area contributed by atoms with Crippen LogP contribution in [0.4, 0.5) is 0 Å². The van der Waals surface area contributed by atoms with E-state index in [1.165, 1.54) is 4.31 Å². The maximum atomic E-state index is 12.2. The van der Waals surface area contributed by atoms with Crippen molar-refractivity contribution in [3.05, 3.63) is 12.2 Å². The zero-order chi connectivity index (χ0) is 14.9. The summed E-state index contributed by atoms with van der Waals surface area (Å²) in [5.74, 6) is 0.150. The molecule has 2 aliphatic rings. The van der Waals surface area contributed by atoms with E-state index in [2.05, 4.69) is 14.9 Å². The first-order valence-electron chi connectivity index (χ1n) is 7.25. The molecule has 1 fully saturated rings. The zero-order valence-corrected chi connectivity index (χ0v) is 12.5. The van der Waals surface area contributed by atoms with E-state index in [-0.39, 0.29) is 5.92 Å². The van der Waals surface area contributed by atoms with Crippen molar-refractivity contribution in [2.75, 3.05) is 13.1 Å². The number of amides is 1. The minimum absolute atomic E-state index is 0.302. The Balaban J connectivity index is 1.62. The highest BCUT2D eigenvalue weighted by Gasteiger charge is 2.30. The number of hydrogen-bond acceptors (Lipinski definition) is 5. The second-order valence-corrected chi connectivity index (χ2v) is 7.21. The van der Waals surface area contributed by atoms with E-state index in [1.54, 1.807) is 6.33 Å². The molecule has 1 atom stereocenters. The van der Waals surface area contributed by atoms with E-state index >= 15 is 0 Å². The van der Waals surface area contributed by atoms with Gasteiger partial charge >= 0.3 is 10.2 Å². The summed E-state index contributed by atoms with van der Waals surface area (Å²) in [6.07, 6.45) is 5.20. The molecule has 1 aromatic rings. The largest absolute Gasteiger partial charge is 0.318 e. The van der Waals surface area contributed by atoms with Crippen LogP contribution in [0.15, 0.2) is 6.33 Å². The van der Waals surface area contributed by atoms with Gasteiger partial charge in [-0.25, -0.2) is 4.72 Å². The Bertz CT molecular complexity index is 598. The molecule has 0 bridgehead atoms. The van der Waals surface area contributed by atoms with Crippen LogP contribution in [0.5, 0.6) is 0 Å². The van der Waals surface area contributed by atoms with Gasteiger partial charge in [-0.15, -0.1) is 10.2 Å². The topological polar surface area (TPSA) is 97.2 Å². The molecule has 1 amide bonds. The average molecular weight is 313 g/mol. The van der Waals surface area contributed by atoms with Crippen LogP contribution in [0.3, 0.4) is 0 Å². The highest BCUT2D eigenvalue weighted by Crippen LogP contribution is 2.20. The van der Waals surface area contributed by atoms with Crippen LogP contribution in [-0.2, 0) is 28.0 Å². The van der Waals surface area contributed by atoms with Gasteiger partial charge in [0.15, 0.2) is 0 Å². The minimum atomic E-state index is -3.68. The number of carbonyl (C=O) groups excluding carboxylic acids is 1. The van der Waals surface area contributed by atoms with Crippen molar-refractivity contribution in [2.24, 2.45) is 5.92 Å². The Hall–Kier alpha value is -1.48. The van der Waals surface area contributed by atoms with E-state index in [9.17, 15) is 13.2 Å². The van der Waals surface area contributed by atoms with Gasteiger partial charge in [0.25, 0.3) is 0 Å². The molecule has 3 heterocycles. The third-order valence-electron chi connectivity index (χ3n) is 4.14. The fourth-order valence-electron chi connectivity index (χ4n) is 2.87. The summed E-state index contributed by atoms with van der Waals surface area (Å²) in [5.41, 5.74) is 0. The summed E-state index contributed by atoms with van der Waals surface area (Å²) in [5, 5.41) is 7.84. The van der Waals surface area contributed by atoms with Crippen molar-refractivity contribution in [1.82, 2.24) is 23.8 Å². The van der Waals surface area contributed by atoms with Crippen molar-refractivity contribution in [3.63, 3.8) is 0 Å². The minimum Gasteiger partial charge on any atom is -0.318 e. The first-order valence-corrected chi connectivity index (χ1v) is 8.69. The molecular weight excluding hydrogens is 294 g/mol. The second-order valence-electron chi connectivity index (χ2n) is 5.54. The summed E-state index contributed by atoms with van der Waals surface area (Å²) >= 11 is 0.